The average Bonchev–Trinajstić information content (AvgIpc) is 2.39. The minimum atomic E-state index is -0.0371. The minimum Gasteiger partial charge on any atom is -0.316 e. The van der Waals surface area contributed by atoms with E-state index in [-0.39, 0.29) is 11.2 Å². The molecule has 2 rings (SSSR count). The second-order valence-corrected chi connectivity index (χ2v) is 5.72. The van der Waals surface area contributed by atoms with E-state index in [9.17, 15) is 4.39 Å². The normalized spacial score (nSPS) is 28.3. The van der Waals surface area contributed by atoms with Crippen molar-refractivity contribution in [1.82, 2.24) is 5.32 Å². The molecule has 0 heterocycles. The van der Waals surface area contributed by atoms with Crippen LogP contribution in [-0.2, 0) is 5.41 Å². The topological polar surface area (TPSA) is 12.0 Å². The van der Waals surface area contributed by atoms with E-state index in [1.165, 1.54) is 12.8 Å². The van der Waals surface area contributed by atoms with Crippen LogP contribution in [0.25, 0.3) is 0 Å². The van der Waals surface area contributed by atoms with Crippen LogP contribution in [0.1, 0.15) is 45.1 Å². The number of hydrogen-bond donors (Lipinski definition) is 1. The second kappa shape index (κ2) is 5.83. The Morgan fingerprint density at radius 1 is 1.28 bits per heavy atom. The molecule has 0 spiro atoms. The first-order valence-corrected chi connectivity index (χ1v) is 7.14. The van der Waals surface area contributed by atoms with Crippen molar-refractivity contribution in [3.63, 3.8) is 0 Å². The first-order chi connectivity index (χ1) is 8.68. The molecule has 0 amide bonds. The van der Waals surface area contributed by atoms with Crippen molar-refractivity contribution in [2.75, 3.05) is 13.1 Å². The summed E-state index contributed by atoms with van der Waals surface area (Å²) < 4.78 is 14.1. The average molecular weight is 249 g/mol. The molecule has 0 aromatic heterocycles. The Hall–Kier alpha value is -0.890. The van der Waals surface area contributed by atoms with Gasteiger partial charge in [-0.3, -0.25) is 0 Å². The van der Waals surface area contributed by atoms with Crippen LogP contribution < -0.4 is 5.32 Å². The highest BCUT2D eigenvalue weighted by Gasteiger charge is 2.37. The smallest absolute Gasteiger partial charge is 0.127 e. The van der Waals surface area contributed by atoms with Gasteiger partial charge in [0.25, 0.3) is 0 Å². The van der Waals surface area contributed by atoms with Crippen molar-refractivity contribution in [2.24, 2.45) is 5.92 Å². The van der Waals surface area contributed by atoms with Gasteiger partial charge in [-0.1, -0.05) is 32.0 Å². The Bertz CT molecular complexity index is 375. The Labute approximate surface area is 110 Å². The third-order valence-corrected chi connectivity index (χ3v) is 4.39. The summed E-state index contributed by atoms with van der Waals surface area (Å²) in [6.45, 7) is 6.27. The van der Waals surface area contributed by atoms with E-state index in [1.54, 1.807) is 12.1 Å². The van der Waals surface area contributed by atoms with Gasteiger partial charge in [0.15, 0.2) is 0 Å². The number of benzene rings is 1. The van der Waals surface area contributed by atoms with Crippen LogP contribution >= 0.6 is 0 Å². The lowest BCUT2D eigenvalue weighted by Crippen LogP contribution is -2.41. The van der Waals surface area contributed by atoms with Crippen LogP contribution in [0.4, 0.5) is 4.39 Å². The minimum absolute atomic E-state index is 0.00780. The Kier molecular flexibility index (Phi) is 4.39. The van der Waals surface area contributed by atoms with Gasteiger partial charge in [-0.05, 0) is 49.8 Å². The molecular formula is C16H24FN. The van der Waals surface area contributed by atoms with Gasteiger partial charge in [0.05, 0.1) is 0 Å². The van der Waals surface area contributed by atoms with Crippen molar-refractivity contribution in [1.29, 1.82) is 0 Å². The molecule has 0 radical (unpaired) electrons. The summed E-state index contributed by atoms with van der Waals surface area (Å²) in [5, 5.41) is 3.43. The molecule has 0 aliphatic heterocycles. The van der Waals surface area contributed by atoms with Crippen molar-refractivity contribution in [3.05, 3.63) is 35.6 Å². The van der Waals surface area contributed by atoms with Crippen LogP contribution in [0, 0.1) is 11.7 Å². The number of nitrogens with one attached hydrogen (secondary N) is 1. The van der Waals surface area contributed by atoms with E-state index < -0.39 is 0 Å². The predicted molar refractivity (Wildman–Crippen MR) is 74.3 cm³/mol. The lowest BCUT2D eigenvalue weighted by Gasteiger charge is -2.40. The lowest BCUT2D eigenvalue weighted by atomic mass is 9.66. The van der Waals surface area contributed by atoms with Gasteiger partial charge < -0.3 is 5.32 Å². The van der Waals surface area contributed by atoms with Crippen molar-refractivity contribution in [3.8, 4) is 0 Å². The molecule has 0 unspecified atom stereocenters. The monoisotopic (exact) mass is 249 g/mol. The fourth-order valence-electron chi connectivity index (χ4n) is 3.11. The highest BCUT2D eigenvalue weighted by atomic mass is 19.1. The van der Waals surface area contributed by atoms with Crippen LogP contribution in [0.5, 0.6) is 0 Å². The van der Waals surface area contributed by atoms with Gasteiger partial charge in [-0.25, -0.2) is 4.39 Å². The number of rotatable bonds is 4. The summed E-state index contributed by atoms with van der Waals surface area (Å²) in [7, 11) is 0. The third kappa shape index (κ3) is 2.74. The zero-order valence-corrected chi connectivity index (χ0v) is 11.5. The molecule has 0 atom stereocenters. The van der Waals surface area contributed by atoms with Crippen LogP contribution in [0.15, 0.2) is 24.3 Å². The summed E-state index contributed by atoms with van der Waals surface area (Å²) in [5.74, 6) is 0.747. The van der Waals surface area contributed by atoms with Crippen molar-refractivity contribution < 1.29 is 4.39 Å². The van der Waals surface area contributed by atoms with Crippen molar-refractivity contribution in [2.45, 2.75) is 44.9 Å². The Balaban J connectivity index is 2.27. The number of halogens is 1. The van der Waals surface area contributed by atoms with E-state index in [0.717, 1.165) is 37.4 Å². The van der Waals surface area contributed by atoms with E-state index >= 15 is 0 Å². The fourth-order valence-corrected chi connectivity index (χ4v) is 3.11. The first kappa shape index (κ1) is 13.5. The molecule has 1 aliphatic rings. The molecule has 1 fully saturated rings. The maximum atomic E-state index is 14.1. The largest absolute Gasteiger partial charge is 0.316 e. The Morgan fingerprint density at radius 2 is 1.94 bits per heavy atom. The molecule has 1 aromatic rings. The van der Waals surface area contributed by atoms with Gasteiger partial charge in [0.2, 0.25) is 0 Å². The molecule has 1 aromatic carbocycles. The SMILES string of the molecule is CCNCC1(c2ccccc2F)CCC(C)CC1. The highest BCUT2D eigenvalue weighted by Crippen LogP contribution is 2.42. The predicted octanol–water partition coefficient (Wildman–Crippen LogP) is 3.88. The zero-order valence-electron chi connectivity index (χ0n) is 11.5. The van der Waals surface area contributed by atoms with Gasteiger partial charge in [-0.15, -0.1) is 0 Å². The first-order valence-electron chi connectivity index (χ1n) is 7.14. The molecule has 0 bridgehead atoms. The molecule has 1 saturated carbocycles. The maximum absolute atomic E-state index is 14.1. The van der Waals surface area contributed by atoms with Gasteiger partial charge in [-0.2, -0.15) is 0 Å². The third-order valence-electron chi connectivity index (χ3n) is 4.39. The zero-order chi connectivity index (χ0) is 13.0. The molecule has 100 valence electrons. The number of likely N-dealkylation sites (N-methyl/N-ethyl adjacent to an activating group) is 1. The molecule has 2 heteroatoms. The number of hydrogen-bond acceptors (Lipinski definition) is 1. The molecule has 18 heavy (non-hydrogen) atoms. The standard InChI is InChI=1S/C16H24FN/c1-3-18-12-16(10-8-13(2)9-11-16)14-6-4-5-7-15(14)17/h4-7,13,18H,3,8-12H2,1-2H3. The molecule has 1 aliphatic carbocycles. The van der Waals surface area contributed by atoms with Gasteiger partial charge >= 0.3 is 0 Å². The van der Waals surface area contributed by atoms with E-state index in [4.69, 9.17) is 0 Å². The van der Waals surface area contributed by atoms with Crippen LogP contribution in [0.3, 0.4) is 0 Å². The summed E-state index contributed by atoms with van der Waals surface area (Å²) in [5.41, 5.74) is 0.922. The van der Waals surface area contributed by atoms with Crippen LogP contribution in [0.2, 0.25) is 0 Å². The fraction of sp³-hybridized carbons (Fsp3) is 0.625. The highest BCUT2D eigenvalue weighted by molar-refractivity contribution is 5.28. The quantitative estimate of drug-likeness (QED) is 0.854. The van der Waals surface area contributed by atoms with E-state index in [0.29, 0.717) is 0 Å². The summed E-state index contributed by atoms with van der Waals surface area (Å²) >= 11 is 0. The molecule has 0 saturated heterocycles. The van der Waals surface area contributed by atoms with Gasteiger partial charge in [0.1, 0.15) is 5.82 Å². The second-order valence-electron chi connectivity index (χ2n) is 5.72. The molecular weight excluding hydrogens is 225 g/mol. The summed E-state index contributed by atoms with van der Waals surface area (Å²) in [6.07, 6.45) is 4.61. The lowest BCUT2D eigenvalue weighted by molar-refractivity contribution is 0.229. The van der Waals surface area contributed by atoms with Crippen molar-refractivity contribution >= 4 is 0 Å². The van der Waals surface area contributed by atoms with Crippen LogP contribution in [-0.4, -0.2) is 13.1 Å². The molecule has 1 N–H and O–H groups in total. The van der Waals surface area contributed by atoms with Gasteiger partial charge in [0, 0.05) is 12.0 Å². The Morgan fingerprint density at radius 3 is 2.56 bits per heavy atom. The molecule has 1 nitrogen and oxygen atoms in total. The van der Waals surface area contributed by atoms with E-state index in [1.807, 2.05) is 12.1 Å². The van der Waals surface area contributed by atoms with E-state index in [2.05, 4.69) is 19.2 Å². The maximum Gasteiger partial charge on any atom is 0.127 e. The summed E-state index contributed by atoms with van der Waals surface area (Å²) in [4.78, 5) is 0. The summed E-state index contributed by atoms with van der Waals surface area (Å²) in [6, 6.07) is 7.32.